The predicted molar refractivity (Wildman–Crippen MR) is 126 cm³/mol. The third-order valence-electron chi connectivity index (χ3n) is 6.69. The minimum atomic E-state index is -2.32. The zero-order valence-corrected chi connectivity index (χ0v) is 19.3. The second kappa shape index (κ2) is 9.32. The standard InChI is InChI=1S/C24H28F3N7/c1-14-9-15(3-4-22(26)27)18-10-16(11-28-23(18)30-14)17-5-8-34-21(17)12-29-24(32-34)31-20-6-7-33(2)13-19(20)25/h5,8,10-12,15,19-20,22H,3-4,6-7,9,13H2,1-2H3,(H,31,32)/t15?,19-,20+/m1/s1. The van der Waals surface area contributed by atoms with Crippen molar-refractivity contribution in [3.05, 3.63) is 36.3 Å². The summed E-state index contributed by atoms with van der Waals surface area (Å²) in [4.78, 5) is 15.5. The van der Waals surface area contributed by atoms with E-state index in [2.05, 4.69) is 25.4 Å². The van der Waals surface area contributed by atoms with Gasteiger partial charge in [-0.2, -0.15) is 0 Å². The van der Waals surface area contributed by atoms with E-state index < -0.39 is 12.6 Å². The third-order valence-corrected chi connectivity index (χ3v) is 6.69. The number of aromatic nitrogens is 4. The van der Waals surface area contributed by atoms with Crippen LogP contribution < -0.4 is 5.32 Å². The van der Waals surface area contributed by atoms with Gasteiger partial charge in [0.2, 0.25) is 12.4 Å². The van der Waals surface area contributed by atoms with Crippen molar-refractivity contribution in [2.45, 2.75) is 57.2 Å². The van der Waals surface area contributed by atoms with Crippen molar-refractivity contribution in [1.82, 2.24) is 24.5 Å². The molecule has 2 aliphatic rings. The lowest BCUT2D eigenvalue weighted by Gasteiger charge is -2.32. The lowest BCUT2D eigenvalue weighted by atomic mass is 9.87. The molecule has 180 valence electrons. The molecule has 5 heterocycles. The molecule has 0 saturated carbocycles. The Labute approximate surface area is 196 Å². The number of rotatable bonds is 6. The van der Waals surface area contributed by atoms with Crippen LogP contribution in [0.5, 0.6) is 0 Å². The largest absolute Gasteiger partial charge is 0.347 e. The molecule has 3 aromatic rings. The van der Waals surface area contributed by atoms with Crippen molar-refractivity contribution in [3.63, 3.8) is 0 Å². The molecule has 3 atom stereocenters. The molecule has 1 saturated heterocycles. The van der Waals surface area contributed by atoms with Gasteiger partial charge in [-0.25, -0.2) is 32.6 Å². The lowest BCUT2D eigenvalue weighted by molar-refractivity contribution is 0.132. The molecule has 0 spiro atoms. The zero-order valence-electron chi connectivity index (χ0n) is 19.3. The van der Waals surface area contributed by atoms with E-state index in [1.165, 1.54) is 0 Å². The molecule has 5 rings (SSSR count). The number of hydrogen-bond acceptors (Lipinski definition) is 6. The predicted octanol–water partition coefficient (Wildman–Crippen LogP) is 4.87. The summed E-state index contributed by atoms with van der Waals surface area (Å²) >= 11 is 0. The van der Waals surface area contributed by atoms with Crippen molar-refractivity contribution in [3.8, 4) is 11.1 Å². The van der Waals surface area contributed by atoms with E-state index in [9.17, 15) is 13.2 Å². The molecule has 0 aromatic carbocycles. The summed E-state index contributed by atoms with van der Waals surface area (Å²) in [5.74, 6) is 0.960. The van der Waals surface area contributed by atoms with Gasteiger partial charge in [0.05, 0.1) is 17.8 Å². The molecule has 0 aliphatic carbocycles. The van der Waals surface area contributed by atoms with E-state index in [0.717, 1.165) is 34.5 Å². The number of alkyl halides is 3. The molecule has 7 nitrogen and oxygen atoms in total. The summed E-state index contributed by atoms with van der Waals surface area (Å²) in [5.41, 5.74) is 4.35. The van der Waals surface area contributed by atoms with Gasteiger partial charge in [0.25, 0.3) is 0 Å². The van der Waals surface area contributed by atoms with Gasteiger partial charge in [-0.1, -0.05) is 0 Å². The molecule has 1 fully saturated rings. The molecule has 0 bridgehead atoms. The molecule has 3 aromatic heterocycles. The minimum absolute atomic E-state index is 0.0296. The van der Waals surface area contributed by atoms with E-state index in [4.69, 9.17) is 0 Å². The number of nitrogens with one attached hydrogen (secondary N) is 1. The monoisotopic (exact) mass is 471 g/mol. The maximum atomic E-state index is 14.4. The Bertz CT molecular complexity index is 1210. The summed E-state index contributed by atoms with van der Waals surface area (Å²) in [5, 5.41) is 7.65. The molecule has 10 heteroatoms. The average Bonchev–Trinajstić information content (AvgIpc) is 3.22. The maximum absolute atomic E-state index is 14.4. The first-order chi connectivity index (χ1) is 16.4. The van der Waals surface area contributed by atoms with Gasteiger partial charge in [-0.3, -0.25) is 0 Å². The molecule has 1 N–H and O–H groups in total. The summed E-state index contributed by atoms with van der Waals surface area (Å²) in [6.07, 6.45) is 3.58. The second-order valence-corrected chi connectivity index (χ2v) is 9.31. The van der Waals surface area contributed by atoms with E-state index in [0.29, 0.717) is 37.6 Å². The normalized spacial score (nSPS) is 23.2. The van der Waals surface area contributed by atoms with Gasteiger partial charge >= 0.3 is 0 Å². The van der Waals surface area contributed by atoms with E-state index in [1.54, 1.807) is 16.9 Å². The van der Waals surface area contributed by atoms with Crippen molar-refractivity contribution < 1.29 is 13.2 Å². The van der Waals surface area contributed by atoms with Gasteiger partial charge < -0.3 is 10.2 Å². The van der Waals surface area contributed by atoms with Crippen LogP contribution in [0.1, 0.15) is 44.1 Å². The summed E-state index contributed by atoms with van der Waals surface area (Å²) in [6.45, 7) is 3.12. The quantitative estimate of drug-likeness (QED) is 0.555. The topological polar surface area (TPSA) is 70.7 Å². The number of anilines is 1. The molecule has 34 heavy (non-hydrogen) atoms. The molecule has 1 unspecified atom stereocenters. The van der Waals surface area contributed by atoms with Crippen molar-refractivity contribution >= 4 is 23.0 Å². The van der Waals surface area contributed by atoms with Crippen LogP contribution in [-0.2, 0) is 0 Å². The van der Waals surface area contributed by atoms with E-state index in [1.807, 2.05) is 37.2 Å². The fourth-order valence-corrected chi connectivity index (χ4v) is 4.89. The highest BCUT2D eigenvalue weighted by atomic mass is 19.3. The molecule has 2 aliphatic heterocycles. The van der Waals surface area contributed by atoms with Gasteiger partial charge in [-0.05, 0) is 51.3 Å². The van der Waals surface area contributed by atoms with Gasteiger partial charge in [0, 0.05) is 54.3 Å². The van der Waals surface area contributed by atoms with Gasteiger partial charge in [0.1, 0.15) is 6.17 Å². The Morgan fingerprint density at radius 1 is 1.24 bits per heavy atom. The van der Waals surface area contributed by atoms with Crippen LogP contribution in [0, 0.1) is 0 Å². The number of hydrogen-bond donors (Lipinski definition) is 1. The smallest absolute Gasteiger partial charge is 0.241 e. The zero-order chi connectivity index (χ0) is 23.8. The Hall–Kier alpha value is -3.01. The fraction of sp³-hybridized carbons (Fsp3) is 0.500. The first kappa shape index (κ1) is 22.8. The first-order valence-electron chi connectivity index (χ1n) is 11.6. The number of aliphatic imine (C=N–C) groups is 1. The van der Waals surface area contributed by atoms with Crippen LogP contribution in [0.3, 0.4) is 0 Å². The number of pyridine rings is 1. The molecular weight excluding hydrogens is 443 g/mol. The van der Waals surface area contributed by atoms with Crippen LogP contribution in [0.25, 0.3) is 16.6 Å². The van der Waals surface area contributed by atoms with E-state index in [-0.39, 0.29) is 18.4 Å². The maximum Gasteiger partial charge on any atom is 0.241 e. The minimum Gasteiger partial charge on any atom is -0.347 e. The Morgan fingerprint density at radius 3 is 2.88 bits per heavy atom. The van der Waals surface area contributed by atoms with Crippen molar-refractivity contribution in [2.24, 2.45) is 4.99 Å². The average molecular weight is 472 g/mol. The fourth-order valence-electron chi connectivity index (χ4n) is 4.89. The summed E-state index contributed by atoms with van der Waals surface area (Å²) < 4.78 is 41.8. The summed E-state index contributed by atoms with van der Waals surface area (Å²) in [6, 6.07) is 3.61. The van der Waals surface area contributed by atoms with Crippen LogP contribution in [0.4, 0.5) is 24.9 Å². The van der Waals surface area contributed by atoms with Crippen LogP contribution in [0.2, 0.25) is 0 Å². The third kappa shape index (κ3) is 4.64. The van der Waals surface area contributed by atoms with Crippen molar-refractivity contribution in [1.29, 1.82) is 0 Å². The summed E-state index contributed by atoms with van der Waals surface area (Å²) in [7, 11) is 1.91. The van der Waals surface area contributed by atoms with Crippen LogP contribution >= 0.6 is 0 Å². The first-order valence-corrected chi connectivity index (χ1v) is 11.6. The molecule has 0 radical (unpaired) electrons. The number of halogens is 3. The number of piperidine rings is 1. The number of nitrogens with zero attached hydrogens (tertiary/aromatic N) is 6. The highest BCUT2D eigenvalue weighted by Crippen LogP contribution is 2.39. The lowest BCUT2D eigenvalue weighted by Crippen LogP contribution is -2.46. The number of fused-ring (bicyclic) bond motifs is 2. The van der Waals surface area contributed by atoms with E-state index >= 15 is 0 Å². The Kier molecular flexibility index (Phi) is 6.24. The van der Waals surface area contributed by atoms with Crippen LogP contribution in [0.15, 0.2) is 35.7 Å². The second-order valence-electron chi connectivity index (χ2n) is 9.31. The Balaban J connectivity index is 1.41. The highest BCUT2D eigenvalue weighted by Gasteiger charge is 2.28. The van der Waals surface area contributed by atoms with Gasteiger partial charge in [-0.15, -0.1) is 5.10 Å². The Morgan fingerprint density at radius 2 is 2.09 bits per heavy atom. The van der Waals surface area contributed by atoms with Gasteiger partial charge in [0.15, 0.2) is 5.82 Å². The highest BCUT2D eigenvalue weighted by molar-refractivity contribution is 5.88. The SMILES string of the molecule is CC1=Nc2ncc(-c3ccn4nc(N[C@H]5CCN(C)C[C@H]5F)ncc34)cc2C(CCC(F)F)C1. The van der Waals surface area contributed by atoms with Crippen molar-refractivity contribution in [2.75, 3.05) is 25.5 Å². The molecule has 0 amide bonds. The number of likely N-dealkylation sites (tertiary alicyclic amines) is 1. The molecular formula is C24H28F3N7. The van der Waals surface area contributed by atoms with Crippen LogP contribution in [-0.4, -0.2) is 69.0 Å².